The molecule has 2 saturated heterocycles. The van der Waals surface area contributed by atoms with Crippen LogP contribution in [-0.2, 0) is 26.1 Å². The molecule has 0 atom stereocenters. The molecule has 1 amide bonds. The van der Waals surface area contributed by atoms with E-state index < -0.39 is 10.0 Å². The van der Waals surface area contributed by atoms with E-state index in [2.05, 4.69) is 39.4 Å². The summed E-state index contributed by atoms with van der Waals surface area (Å²) in [5, 5.41) is 2.92. The first-order valence-electron chi connectivity index (χ1n) is 11.4. The Balaban J connectivity index is 0.00000324. The summed E-state index contributed by atoms with van der Waals surface area (Å²) in [4.78, 5) is 17.5. The molecule has 4 rings (SSSR count). The largest absolute Gasteiger partial charge is 0.379 e. The molecule has 2 heterocycles. The van der Waals surface area contributed by atoms with Crippen LogP contribution < -0.4 is 5.32 Å². The van der Waals surface area contributed by atoms with Gasteiger partial charge in [-0.1, -0.05) is 36.4 Å². The molecule has 10 heteroatoms. The van der Waals surface area contributed by atoms with Gasteiger partial charge in [0, 0.05) is 51.5 Å². The first kappa shape index (κ1) is 26.6. The van der Waals surface area contributed by atoms with E-state index in [4.69, 9.17) is 4.74 Å². The van der Waals surface area contributed by atoms with Crippen molar-refractivity contribution in [1.29, 1.82) is 0 Å². The molecule has 0 saturated carbocycles. The van der Waals surface area contributed by atoms with Gasteiger partial charge in [-0.3, -0.25) is 14.6 Å². The third-order valence-corrected chi connectivity index (χ3v) is 8.07. The number of hydrogen-bond donors (Lipinski definition) is 1. The lowest BCUT2D eigenvalue weighted by atomic mass is 10.2. The summed E-state index contributed by atoms with van der Waals surface area (Å²) in [5.41, 5.74) is 2.67. The highest BCUT2D eigenvalue weighted by molar-refractivity contribution is 7.89. The molecule has 2 aliphatic rings. The number of anilines is 1. The molecule has 8 nitrogen and oxygen atoms in total. The van der Waals surface area contributed by atoms with Gasteiger partial charge in [-0.2, -0.15) is 4.31 Å². The van der Waals surface area contributed by atoms with Crippen LogP contribution >= 0.6 is 12.4 Å². The minimum Gasteiger partial charge on any atom is -0.379 e. The van der Waals surface area contributed by atoms with Gasteiger partial charge in [-0.05, 0) is 30.2 Å². The second kappa shape index (κ2) is 12.1. The maximum atomic E-state index is 13.0. The van der Waals surface area contributed by atoms with E-state index in [1.165, 1.54) is 9.87 Å². The summed E-state index contributed by atoms with van der Waals surface area (Å²) in [6.07, 6.45) is 0. The highest BCUT2D eigenvalue weighted by Crippen LogP contribution is 2.23. The van der Waals surface area contributed by atoms with Gasteiger partial charge in [0.2, 0.25) is 15.9 Å². The number of piperazine rings is 1. The zero-order valence-electron chi connectivity index (χ0n) is 19.5. The van der Waals surface area contributed by atoms with Gasteiger partial charge in [0.25, 0.3) is 0 Å². The minimum absolute atomic E-state index is 0. The fourth-order valence-corrected chi connectivity index (χ4v) is 5.61. The van der Waals surface area contributed by atoms with Crippen molar-refractivity contribution in [1.82, 2.24) is 14.1 Å². The minimum atomic E-state index is -3.61. The van der Waals surface area contributed by atoms with Crippen LogP contribution in [0.3, 0.4) is 0 Å². The summed E-state index contributed by atoms with van der Waals surface area (Å²) < 4.78 is 32.6. The lowest BCUT2D eigenvalue weighted by Crippen LogP contribution is -2.48. The van der Waals surface area contributed by atoms with E-state index in [0.717, 1.165) is 38.3 Å². The number of nitrogens with one attached hydrogen (secondary N) is 1. The summed E-state index contributed by atoms with van der Waals surface area (Å²) >= 11 is 0. The maximum absolute atomic E-state index is 13.0. The van der Waals surface area contributed by atoms with Crippen LogP contribution in [0.5, 0.6) is 0 Å². The van der Waals surface area contributed by atoms with Crippen molar-refractivity contribution in [3.8, 4) is 0 Å². The van der Waals surface area contributed by atoms with Crippen molar-refractivity contribution in [2.45, 2.75) is 18.4 Å². The van der Waals surface area contributed by atoms with E-state index in [9.17, 15) is 13.2 Å². The number of benzene rings is 2. The monoisotopic (exact) mass is 508 g/mol. The normalized spacial score (nSPS) is 18.3. The Bertz CT molecular complexity index is 1050. The molecule has 186 valence electrons. The van der Waals surface area contributed by atoms with E-state index in [0.29, 0.717) is 38.5 Å². The number of carbonyl (C=O) groups excluding carboxylic acids is 1. The summed E-state index contributed by atoms with van der Waals surface area (Å²) in [6.45, 7) is 8.02. The first-order chi connectivity index (χ1) is 15.9. The number of hydrogen-bond acceptors (Lipinski definition) is 6. The molecular weight excluding hydrogens is 476 g/mol. The Morgan fingerprint density at radius 1 is 0.941 bits per heavy atom. The molecular formula is C24H33ClN4O4S. The number of halogens is 1. The summed E-state index contributed by atoms with van der Waals surface area (Å²) in [7, 11) is -3.61. The quantitative estimate of drug-likeness (QED) is 0.617. The van der Waals surface area contributed by atoms with Gasteiger partial charge < -0.3 is 10.1 Å². The number of aryl methyl sites for hydroxylation is 1. The Kier molecular flexibility index (Phi) is 9.47. The first-order valence-corrected chi connectivity index (χ1v) is 12.8. The molecule has 2 aliphatic heterocycles. The van der Waals surface area contributed by atoms with Gasteiger partial charge in [0.1, 0.15) is 0 Å². The number of rotatable bonds is 7. The van der Waals surface area contributed by atoms with E-state index in [1.807, 2.05) is 13.0 Å². The van der Waals surface area contributed by atoms with Crippen molar-refractivity contribution in [2.75, 3.05) is 64.3 Å². The molecule has 1 N–H and O–H groups in total. The number of morpholine rings is 1. The standard InChI is InChI=1S/C24H32N4O4S.ClH/c1-20-7-8-22(33(30,31)28-13-15-32-16-14-28)17-23(20)25-24(29)19-27-11-9-26(10-12-27)18-21-5-3-2-4-6-21;/h2-8,17H,9-16,18-19H2,1H3,(H,25,29);1H. The van der Waals surface area contributed by atoms with Gasteiger partial charge in [0.05, 0.1) is 24.7 Å². The predicted molar refractivity (Wildman–Crippen MR) is 135 cm³/mol. The Hall–Kier alpha value is -2.01. The average molecular weight is 509 g/mol. The average Bonchev–Trinajstić information content (AvgIpc) is 2.83. The molecule has 0 radical (unpaired) electrons. The number of ether oxygens (including phenoxy) is 1. The molecule has 2 aromatic rings. The lowest BCUT2D eigenvalue weighted by molar-refractivity contribution is -0.117. The molecule has 34 heavy (non-hydrogen) atoms. The third kappa shape index (κ3) is 6.78. The number of carbonyl (C=O) groups is 1. The van der Waals surface area contributed by atoms with Crippen molar-refractivity contribution >= 4 is 34.0 Å². The Labute approximate surface area is 208 Å². The second-order valence-electron chi connectivity index (χ2n) is 8.58. The van der Waals surface area contributed by atoms with Crippen LogP contribution in [0.25, 0.3) is 0 Å². The summed E-state index contributed by atoms with van der Waals surface area (Å²) in [6, 6.07) is 15.3. The van der Waals surface area contributed by atoms with Crippen LogP contribution in [0.15, 0.2) is 53.4 Å². The molecule has 0 spiro atoms. The molecule has 0 bridgehead atoms. The number of nitrogens with zero attached hydrogens (tertiary/aromatic N) is 3. The highest BCUT2D eigenvalue weighted by atomic mass is 35.5. The highest BCUT2D eigenvalue weighted by Gasteiger charge is 2.27. The molecule has 0 unspecified atom stereocenters. The number of sulfonamides is 1. The van der Waals surface area contributed by atoms with E-state index in [-0.39, 0.29) is 23.2 Å². The smallest absolute Gasteiger partial charge is 0.243 e. The SMILES string of the molecule is Cc1ccc(S(=O)(=O)N2CCOCC2)cc1NC(=O)CN1CCN(Cc2ccccc2)CC1.Cl. The lowest BCUT2D eigenvalue weighted by Gasteiger charge is -2.34. The molecule has 2 fully saturated rings. The fourth-order valence-electron chi connectivity index (χ4n) is 4.17. The molecule has 0 aromatic heterocycles. The third-order valence-electron chi connectivity index (χ3n) is 6.17. The van der Waals surface area contributed by atoms with Crippen LogP contribution in [-0.4, -0.2) is 87.5 Å². The van der Waals surface area contributed by atoms with Gasteiger partial charge in [0.15, 0.2) is 0 Å². The summed E-state index contributed by atoms with van der Waals surface area (Å²) in [5.74, 6) is -0.129. The van der Waals surface area contributed by atoms with Crippen molar-refractivity contribution < 1.29 is 17.9 Å². The van der Waals surface area contributed by atoms with Crippen LogP contribution in [0.1, 0.15) is 11.1 Å². The Morgan fingerprint density at radius 2 is 1.59 bits per heavy atom. The zero-order valence-corrected chi connectivity index (χ0v) is 21.1. The zero-order chi connectivity index (χ0) is 23.3. The van der Waals surface area contributed by atoms with Gasteiger partial charge >= 0.3 is 0 Å². The van der Waals surface area contributed by atoms with Crippen molar-refractivity contribution in [2.24, 2.45) is 0 Å². The predicted octanol–water partition coefficient (Wildman–Crippen LogP) is 2.19. The fraction of sp³-hybridized carbons (Fsp3) is 0.458. The van der Waals surface area contributed by atoms with E-state index in [1.54, 1.807) is 18.2 Å². The Morgan fingerprint density at radius 3 is 2.26 bits per heavy atom. The van der Waals surface area contributed by atoms with Gasteiger partial charge in [-0.25, -0.2) is 8.42 Å². The maximum Gasteiger partial charge on any atom is 0.243 e. The molecule has 2 aromatic carbocycles. The van der Waals surface area contributed by atoms with Crippen LogP contribution in [0.4, 0.5) is 5.69 Å². The van der Waals surface area contributed by atoms with Gasteiger partial charge in [-0.15, -0.1) is 12.4 Å². The van der Waals surface area contributed by atoms with Crippen LogP contribution in [0, 0.1) is 6.92 Å². The topological polar surface area (TPSA) is 82.2 Å². The second-order valence-corrected chi connectivity index (χ2v) is 10.5. The van der Waals surface area contributed by atoms with E-state index >= 15 is 0 Å². The number of amides is 1. The van der Waals surface area contributed by atoms with Crippen molar-refractivity contribution in [3.05, 3.63) is 59.7 Å². The van der Waals surface area contributed by atoms with Crippen LogP contribution in [0.2, 0.25) is 0 Å². The van der Waals surface area contributed by atoms with Crippen molar-refractivity contribution in [3.63, 3.8) is 0 Å². The molecule has 0 aliphatic carbocycles.